The number of rotatable bonds is 4. The van der Waals surface area contributed by atoms with Gasteiger partial charge in [-0.3, -0.25) is 9.59 Å². The molecule has 0 aromatic rings. The molecule has 1 aliphatic rings. The van der Waals surface area contributed by atoms with Crippen LogP contribution in [-0.4, -0.2) is 22.3 Å². The number of carbonyl (C=O) groups excluding carboxylic acids is 2. The number of ketones is 2. The minimum absolute atomic E-state index is 0.0417. The van der Waals surface area contributed by atoms with E-state index in [1.54, 1.807) is 20.8 Å². The second-order valence-corrected chi connectivity index (χ2v) is 5.96. The predicted molar refractivity (Wildman–Crippen MR) is 71.2 cm³/mol. The Balaban J connectivity index is 3.01. The fourth-order valence-electron chi connectivity index (χ4n) is 3.04. The van der Waals surface area contributed by atoms with Gasteiger partial charge in [0.2, 0.25) is 0 Å². The van der Waals surface area contributed by atoms with Crippen LogP contribution in [0, 0.1) is 11.8 Å². The number of Topliss-reactive ketones (excluding diaryl/α,β-unsaturated/α-hetero) is 2. The SMILES string of the molecule is CC(=O)C(C[C@@H]1[C@H](C(C)=O)CC[C@]1(C)O)=C(C)C. The summed E-state index contributed by atoms with van der Waals surface area (Å²) in [6.45, 7) is 8.72. The average Bonchev–Trinajstić information content (AvgIpc) is 2.49. The normalized spacial score (nSPS) is 31.2. The van der Waals surface area contributed by atoms with Gasteiger partial charge in [-0.25, -0.2) is 0 Å². The highest BCUT2D eigenvalue weighted by atomic mass is 16.3. The van der Waals surface area contributed by atoms with Gasteiger partial charge in [-0.1, -0.05) is 5.57 Å². The molecule has 0 aliphatic heterocycles. The maximum absolute atomic E-state index is 11.7. The van der Waals surface area contributed by atoms with Crippen LogP contribution in [0.25, 0.3) is 0 Å². The van der Waals surface area contributed by atoms with E-state index in [1.165, 1.54) is 0 Å². The summed E-state index contributed by atoms with van der Waals surface area (Å²) in [4.78, 5) is 23.3. The highest BCUT2D eigenvalue weighted by Crippen LogP contribution is 2.44. The van der Waals surface area contributed by atoms with Crippen LogP contribution in [0.1, 0.15) is 53.9 Å². The summed E-state index contributed by atoms with van der Waals surface area (Å²) in [6, 6.07) is 0. The van der Waals surface area contributed by atoms with Gasteiger partial charge in [0.15, 0.2) is 5.78 Å². The zero-order chi connectivity index (χ0) is 14.1. The van der Waals surface area contributed by atoms with Gasteiger partial charge < -0.3 is 5.11 Å². The Kier molecular flexibility index (Phi) is 4.49. The molecule has 1 saturated carbocycles. The zero-order valence-corrected chi connectivity index (χ0v) is 12.0. The molecule has 0 unspecified atom stereocenters. The molecule has 0 radical (unpaired) electrons. The lowest BCUT2D eigenvalue weighted by molar-refractivity contribution is -0.123. The number of carbonyl (C=O) groups is 2. The summed E-state index contributed by atoms with van der Waals surface area (Å²) in [5.41, 5.74) is 0.896. The third-order valence-corrected chi connectivity index (χ3v) is 4.22. The summed E-state index contributed by atoms with van der Waals surface area (Å²) in [7, 11) is 0. The van der Waals surface area contributed by atoms with Crippen LogP contribution in [0.5, 0.6) is 0 Å². The van der Waals surface area contributed by atoms with E-state index in [0.29, 0.717) is 12.8 Å². The molecular weight excluding hydrogens is 228 g/mol. The molecule has 3 nitrogen and oxygen atoms in total. The van der Waals surface area contributed by atoms with Gasteiger partial charge in [-0.05, 0) is 59.5 Å². The van der Waals surface area contributed by atoms with Crippen molar-refractivity contribution in [2.45, 2.75) is 59.5 Å². The van der Waals surface area contributed by atoms with Gasteiger partial charge in [0.1, 0.15) is 5.78 Å². The Morgan fingerprint density at radius 2 is 1.78 bits per heavy atom. The monoisotopic (exact) mass is 252 g/mol. The van der Waals surface area contributed by atoms with E-state index < -0.39 is 5.60 Å². The Morgan fingerprint density at radius 1 is 1.22 bits per heavy atom. The molecule has 1 rings (SSSR count). The van der Waals surface area contributed by atoms with Crippen molar-refractivity contribution in [1.29, 1.82) is 0 Å². The largest absolute Gasteiger partial charge is 0.390 e. The molecule has 3 heteroatoms. The van der Waals surface area contributed by atoms with Crippen LogP contribution in [0.3, 0.4) is 0 Å². The van der Waals surface area contributed by atoms with Gasteiger partial charge >= 0.3 is 0 Å². The van der Waals surface area contributed by atoms with Crippen molar-refractivity contribution in [3.63, 3.8) is 0 Å². The third-order valence-electron chi connectivity index (χ3n) is 4.22. The van der Waals surface area contributed by atoms with Gasteiger partial charge in [0.25, 0.3) is 0 Å². The van der Waals surface area contributed by atoms with Crippen LogP contribution in [0.2, 0.25) is 0 Å². The van der Waals surface area contributed by atoms with Crippen molar-refractivity contribution < 1.29 is 14.7 Å². The van der Waals surface area contributed by atoms with Crippen LogP contribution in [0.15, 0.2) is 11.1 Å². The molecule has 0 heterocycles. The Hall–Kier alpha value is -0.960. The van der Waals surface area contributed by atoms with Gasteiger partial charge in [-0.15, -0.1) is 0 Å². The molecule has 0 aromatic carbocycles. The maximum atomic E-state index is 11.7. The minimum atomic E-state index is -0.841. The first-order chi connectivity index (χ1) is 8.16. The second kappa shape index (κ2) is 5.35. The topological polar surface area (TPSA) is 54.4 Å². The molecule has 0 spiro atoms. The van der Waals surface area contributed by atoms with E-state index in [9.17, 15) is 14.7 Å². The van der Waals surface area contributed by atoms with Crippen molar-refractivity contribution in [2.24, 2.45) is 11.8 Å². The number of aliphatic hydroxyl groups is 1. The maximum Gasteiger partial charge on any atom is 0.155 e. The molecule has 0 amide bonds. The Morgan fingerprint density at radius 3 is 2.17 bits per heavy atom. The molecule has 0 aromatic heterocycles. The second-order valence-electron chi connectivity index (χ2n) is 5.96. The van der Waals surface area contributed by atoms with Crippen LogP contribution < -0.4 is 0 Å². The van der Waals surface area contributed by atoms with Gasteiger partial charge in [-0.2, -0.15) is 0 Å². The van der Waals surface area contributed by atoms with Crippen molar-refractivity contribution in [2.75, 3.05) is 0 Å². The van der Waals surface area contributed by atoms with Gasteiger partial charge in [0, 0.05) is 11.8 Å². The van der Waals surface area contributed by atoms with E-state index >= 15 is 0 Å². The van der Waals surface area contributed by atoms with Crippen LogP contribution >= 0.6 is 0 Å². The predicted octanol–water partition coefficient (Wildman–Crippen LogP) is 2.67. The average molecular weight is 252 g/mol. The van der Waals surface area contributed by atoms with Crippen molar-refractivity contribution in [1.82, 2.24) is 0 Å². The molecule has 1 N–H and O–H groups in total. The summed E-state index contributed by atoms with van der Waals surface area (Å²) in [5.74, 6) is -0.0908. The van der Waals surface area contributed by atoms with E-state index in [1.807, 2.05) is 13.8 Å². The molecule has 18 heavy (non-hydrogen) atoms. The lowest BCUT2D eigenvalue weighted by Gasteiger charge is -2.29. The summed E-state index contributed by atoms with van der Waals surface area (Å²) in [5, 5.41) is 10.4. The number of hydrogen-bond donors (Lipinski definition) is 1. The first-order valence-corrected chi connectivity index (χ1v) is 6.57. The highest BCUT2D eigenvalue weighted by molar-refractivity contribution is 5.94. The van der Waals surface area contributed by atoms with Crippen LogP contribution in [-0.2, 0) is 9.59 Å². The van der Waals surface area contributed by atoms with Crippen molar-refractivity contribution in [3.05, 3.63) is 11.1 Å². The quantitative estimate of drug-likeness (QED) is 0.783. The van der Waals surface area contributed by atoms with E-state index in [4.69, 9.17) is 0 Å². The zero-order valence-electron chi connectivity index (χ0n) is 12.0. The molecule has 0 saturated heterocycles. The molecule has 1 aliphatic carbocycles. The highest BCUT2D eigenvalue weighted by Gasteiger charge is 2.46. The Labute approximate surface area is 109 Å². The minimum Gasteiger partial charge on any atom is -0.390 e. The summed E-state index contributed by atoms with van der Waals surface area (Å²) < 4.78 is 0. The lowest BCUT2D eigenvalue weighted by Crippen LogP contribution is -2.34. The first-order valence-electron chi connectivity index (χ1n) is 6.57. The molecule has 3 atom stereocenters. The third kappa shape index (κ3) is 3.08. The van der Waals surface area contributed by atoms with E-state index in [2.05, 4.69) is 0 Å². The molecule has 1 fully saturated rings. The first kappa shape index (κ1) is 15.1. The van der Waals surface area contributed by atoms with Crippen molar-refractivity contribution >= 4 is 11.6 Å². The lowest BCUT2D eigenvalue weighted by atomic mass is 9.79. The number of allylic oxidation sites excluding steroid dienone is 2. The molecule has 102 valence electrons. The van der Waals surface area contributed by atoms with E-state index in [-0.39, 0.29) is 23.4 Å². The fraction of sp³-hybridized carbons (Fsp3) is 0.733. The van der Waals surface area contributed by atoms with E-state index in [0.717, 1.165) is 17.6 Å². The van der Waals surface area contributed by atoms with Gasteiger partial charge in [0.05, 0.1) is 5.60 Å². The van der Waals surface area contributed by atoms with Crippen molar-refractivity contribution in [3.8, 4) is 0 Å². The molecule has 0 bridgehead atoms. The summed E-state index contributed by atoms with van der Waals surface area (Å²) >= 11 is 0. The molecular formula is C15H24O3. The fourth-order valence-corrected chi connectivity index (χ4v) is 3.04. The standard InChI is InChI=1S/C15H24O3/c1-9(2)13(11(4)17)8-14-12(10(3)16)6-7-15(14,5)18/h12,14,18H,6-8H2,1-5H3/t12-,14+,15-/m0/s1. The van der Waals surface area contributed by atoms with Crippen LogP contribution in [0.4, 0.5) is 0 Å². The number of hydrogen-bond acceptors (Lipinski definition) is 3. The smallest absolute Gasteiger partial charge is 0.155 e. The summed E-state index contributed by atoms with van der Waals surface area (Å²) in [6.07, 6.45) is 1.87. The Bertz CT molecular complexity index is 387.